The standard InChI is InChI=1S/C16H21N3O2/c1-10(17-9-16-11(2)19-21-12(16)3)14-6-5-7-15(8-14)18-13(4)20/h5-8,10,17H,9H2,1-4H3,(H,18,20). The predicted octanol–water partition coefficient (Wildman–Crippen LogP) is 3.10. The highest BCUT2D eigenvalue weighted by molar-refractivity contribution is 5.88. The number of carbonyl (C=O) groups is 1. The Balaban J connectivity index is 2.03. The molecule has 0 saturated heterocycles. The number of aryl methyl sites for hydroxylation is 2. The summed E-state index contributed by atoms with van der Waals surface area (Å²) in [5.41, 5.74) is 3.94. The van der Waals surface area contributed by atoms with Gasteiger partial charge in [0.2, 0.25) is 5.91 Å². The maximum atomic E-state index is 11.1. The fraction of sp³-hybridized carbons (Fsp3) is 0.375. The zero-order valence-electron chi connectivity index (χ0n) is 12.9. The maximum Gasteiger partial charge on any atom is 0.221 e. The highest BCUT2D eigenvalue weighted by atomic mass is 16.5. The van der Waals surface area contributed by atoms with E-state index in [4.69, 9.17) is 4.52 Å². The van der Waals surface area contributed by atoms with Crippen LogP contribution in [0.2, 0.25) is 0 Å². The summed E-state index contributed by atoms with van der Waals surface area (Å²) in [6.45, 7) is 8.15. The molecule has 0 saturated carbocycles. The van der Waals surface area contributed by atoms with Crippen molar-refractivity contribution in [3.63, 3.8) is 0 Å². The van der Waals surface area contributed by atoms with Crippen molar-refractivity contribution < 1.29 is 9.32 Å². The fourth-order valence-corrected chi connectivity index (χ4v) is 2.22. The Morgan fingerprint density at radius 2 is 2.14 bits per heavy atom. The van der Waals surface area contributed by atoms with Crippen LogP contribution < -0.4 is 10.6 Å². The van der Waals surface area contributed by atoms with Crippen LogP contribution in [-0.2, 0) is 11.3 Å². The van der Waals surface area contributed by atoms with E-state index < -0.39 is 0 Å². The molecule has 1 atom stereocenters. The largest absolute Gasteiger partial charge is 0.361 e. The molecular formula is C16H21N3O2. The van der Waals surface area contributed by atoms with Crippen LogP contribution in [-0.4, -0.2) is 11.1 Å². The van der Waals surface area contributed by atoms with Crippen LogP contribution in [0.15, 0.2) is 28.8 Å². The molecule has 2 rings (SSSR count). The van der Waals surface area contributed by atoms with Gasteiger partial charge in [0, 0.05) is 30.8 Å². The molecule has 1 aromatic carbocycles. The average Bonchev–Trinajstić information content (AvgIpc) is 2.75. The Labute approximate surface area is 124 Å². The molecule has 0 spiro atoms. The lowest BCUT2D eigenvalue weighted by molar-refractivity contribution is -0.114. The molecule has 0 fully saturated rings. The van der Waals surface area contributed by atoms with E-state index in [0.29, 0.717) is 6.54 Å². The number of nitrogens with one attached hydrogen (secondary N) is 2. The molecule has 0 aliphatic heterocycles. The predicted molar refractivity (Wildman–Crippen MR) is 82.0 cm³/mol. The lowest BCUT2D eigenvalue weighted by Gasteiger charge is -2.15. The second-order valence-corrected chi connectivity index (χ2v) is 5.21. The van der Waals surface area contributed by atoms with Gasteiger partial charge in [-0.3, -0.25) is 4.79 Å². The molecule has 21 heavy (non-hydrogen) atoms. The molecule has 2 N–H and O–H groups in total. The summed E-state index contributed by atoms with van der Waals surface area (Å²) in [7, 11) is 0. The number of rotatable bonds is 5. The van der Waals surface area contributed by atoms with E-state index in [1.54, 1.807) is 0 Å². The number of carbonyl (C=O) groups excluding carboxylic acids is 1. The Morgan fingerprint density at radius 3 is 2.76 bits per heavy atom. The minimum Gasteiger partial charge on any atom is -0.361 e. The van der Waals surface area contributed by atoms with Gasteiger partial charge in [-0.15, -0.1) is 0 Å². The van der Waals surface area contributed by atoms with Gasteiger partial charge >= 0.3 is 0 Å². The molecule has 0 aliphatic rings. The molecule has 1 unspecified atom stereocenters. The third-order valence-corrected chi connectivity index (χ3v) is 3.47. The number of amides is 1. The second-order valence-electron chi connectivity index (χ2n) is 5.21. The van der Waals surface area contributed by atoms with Gasteiger partial charge in [0.05, 0.1) is 5.69 Å². The van der Waals surface area contributed by atoms with Crippen LogP contribution in [0.5, 0.6) is 0 Å². The van der Waals surface area contributed by atoms with Crippen molar-refractivity contribution >= 4 is 11.6 Å². The van der Waals surface area contributed by atoms with Crippen LogP contribution in [0, 0.1) is 13.8 Å². The lowest BCUT2D eigenvalue weighted by atomic mass is 10.1. The normalized spacial score (nSPS) is 12.2. The van der Waals surface area contributed by atoms with E-state index in [0.717, 1.165) is 28.3 Å². The maximum absolute atomic E-state index is 11.1. The van der Waals surface area contributed by atoms with Crippen LogP contribution >= 0.6 is 0 Å². The number of benzene rings is 1. The molecule has 0 radical (unpaired) electrons. The van der Waals surface area contributed by atoms with Gasteiger partial charge in [-0.25, -0.2) is 0 Å². The van der Waals surface area contributed by atoms with E-state index in [9.17, 15) is 4.79 Å². The van der Waals surface area contributed by atoms with Gasteiger partial charge in [-0.2, -0.15) is 0 Å². The topological polar surface area (TPSA) is 67.2 Å². The summed E-state index contributed by atoms with van der Waals surface area (Å²) in [6.07, 6.45) is 0. The third-order valence-electron chi connectivity index (χ3n) is 3.47. The van der Waals surface area contributed by atoms with Gasteiger partial charge < -0.3 is 15.2 Å². The number of hydrogen-bond acceptors (Lipinski definition) is 4. The molecule has 5 heteroatoms. The Bertz CT molecular complexity index is 615. The number of anilines is 1. The first-order chi connectivity index (χ1) is 9.97. The van der Waals surface area contributed by atoms with Gasteiger partial charge in [-0.05, 0) is 38.5 Å². The summed E-state index contributed by atoms with van der Waals surface area (Å²) >= 11 is 0. The average molecular weight is 287 g/mol. The van der Waals surface area contributed by atoms with Crippen LogP contribution in [0.1, 0.15) is 42.5 Å². The van der Waals surface area contributed by atoms with Crippen LogP contribution in [0.4, 0.5) is 5.69 Å². The minimum absolute atomic E-state index is 0.0662. The van der Waals surface area contributed by atoms with Crippen LogP contribution in [0.25, 0.3) is 0 Å². The summed E-state index contributed by atoms with van der Waals surface area (Å²) < 4.78 is 5.16. The van der Waals surface area contributed by atoms with Gasteiger partial charge in [0.25, 0.3) is 0 Å². The zero-order valence-corrected chi connectivity index (χ0v) is 12.9. The molecule has 1 aromatic heterocycles. The van der Waals surface area contributed by atoms with Crippen molar-refractivity contribution in [2.24, 2.45) is 0 Å². The Morgan fingerprint density at radius 1 is 1.38 bits per heavy atom. The van der Waals surface area contributed by atoms with Crippen molar-refractivity contribution in [2.45, 2.75) is 40.3 Å². The van der Waals surface area contributed by atoms with Crippen molar-refractivity contribution in [3.8, 4) is 0 Å². The molecular weight excluding hydrogens is 266 g/mol. The third kappa shape index (κ3) is 3.92. The monoisotopic (exact) mass is 287 g/mol. The Hall–Kier alpha value is -2.14. The van der Waals surface area contributed by atoms with Gasteiger partial charge in [-0.1, -0.05) is 17.3 Å². The van der Waals surface area contributed by atoms with E-state index in [-0.39, 0.29) is 11.9 Å². The lowest BCUT2D eigenvalue weighted by Crippen LogP contribution is -2.19. The smallest absolute Gasteiger partial charge is 0.221 e. The van der Waals surface area contributed by atoms with Crippen LogP contribution in [0.3, 0.4) is 0 Å². The zero-order chi connectivity index (χ0) is 15.4. The first-order valence-electron chi connectivity index (χ1n) is 7.00. The Kier molecular flexibility index (Phi) is 4.75. The summed E-state index contributed by atoms with van der Waals surface area (Å²) in [5.74, 6) is 0.780. The molecule has 1 amide bonds. The SMILES string of the molecule is CC(=O)Nc1cccc(C(C)NCc2c(C)noc2C)c1. The number of nitrogens with zero attached hydrogens (tertiary/aromatic N) is 1. The number of aromatic nitrogens is 1. The summed E-state index contributed by atoms with van der Waals surface area (Å²) in [4.78, 5) is 11.1. The summed E-state index contributed by atoms with van der Waals surface area (Å²) in [5, 5.41) is 10.2. The van der Waals surface area contributed by atoms with Gasteiger partial charge in [0.15, 0.2) is 0 Å². The van der Waals surface area contributed by atoms with Crippen molar-refractivity contribution in [2.75, 3.05) is 5.32 Å². The molecule has 0 aliphatic carbocycles. The number of hydrogen-bond donors (Lipinski definition) is 2. The van der Waals surface area contributed by atoms with Crippen molar-refractivity contribution in [1.29, 1.82) is 0 Å². The van der Waals surface area contributed by atoms with E-state index in [1.807, 2.05) is 38.1 Å². The van der Waals surface area contributed by atoms with Crippen molar-refractivity contribution in [3.05, 3.63) is 46.8 Å². The highest BCUT2D eigenvalue weighted by Crippen LogP contribution is 2.19. The highest BCUT2D eigenvalue weighted by Gasteiger charge is 2.11. The van der Waals surface area contributed by atoms with Gasteiger partial charge in [0.1, 0.15) is 5.76 Å². The quantitative estimate of drug-likeness (QED) is 0.886. The fourth-order valence-electron chi connectivity index (χ4n) is 2.22. The molecule has 1 heterocycles. The van der Waals surface area contributed by atoms with E-state index in [1.165, 1.54) is 6.92 Å². The second kappa shape index (κ2) is 6.54. The van der Waals surface area contributed by atoms with E-state index >= 15 is 0 Å². The summed E-state index contributed by atoms with van der Waals surface area (Å²) in [6, 6.07) is 8.00. The van der Waals surface area contributed by atoms with Crippen molar-refractivity contribution in [1.82, 2.24) is 10.5 Å². The molecule has 5 nitrogen and oxygen atoms in total. The molecule has 112 valence electrons. The first kappa shape index (κ1) is 15.3. The minimum atomic E-state index is -0.0662. The molecule has 2 aromatic rings. The molecule has 0 bridgehead atoms. The van der Waals surface area contributed by atoms with E-state index in [2.05, 4.69) is 22.7 Å². The first-order valence-corrected chi connectivity index (χ1v) is 7.00.